The summed E-state index contributed by atoms with van der Waals surface area (Å²) in [6, 6.07) is 11.1. The first-order chi connectivity index (χ1) is 9.63. The lowest BCUT2D eigenvalue weighted by Gasteiger charge is -2.09. The third kappa shape index (κ3) is 2.50. The van der Waals surface area contributed by atoms with Crippen LogP contribution in [0.5, 0.6) is 11.5 Å². The van der Waals surface area contributed by atoms with Crippen molar-refractivity contribution in [1.29, 1.82) is 0 Å². The molecule has 0 radical (unpaired) electrons. The molecule has 2 aromatic rings. The molecule has 0 fully saturated rings. The van der Waals surface area contributed by atoms with Crippen molar-refractivity contribution in [1.82, 2.24) is 0 Å². The van der Waals surface area contributed by atoms with Gasteiger partial charge in [-0.1, -0.05) is 23.8 Å². The predicted octanol–water partition coefficient (Wildman–Crippen LogP) is 3.45. The highest BCUT2D eigenvalue weighted by atomic mass is 35.5. The van der Waals surface area contributed by atoms with Crippen molar-refractivity contribution in [3.8, 4) is 11.5 Å². The van der Waals surface area contributed by atoms with Crippen LogP contribution in [0.3, 0.4) is 0 Å². The van der Waals surface area contributed by atoms with E-state index < -0.39 is 0 Å². The number of ether oxygens (including phenoxy) is 2. The molecule has 0 saturated heterocycles. The number of nitrogens with two attached hydrogens (primary N) is 1. The molecule has 0 aromatic heterocycles. The number of thiocarbonyl (C=S) groups is 1. The Balaban J connectivity index is 1.84. The Hall–Kier alpha value is -1.98. The minimum atomic E-state index is 0.257. The van der Waals surface area contributed by atoms with Crippen LogP contribution in [0.25, 0.3) is 0 Å². The topological polar surface area (TPSA) is 56.5 Å². The lowest BCUT2D eigenvalue weighted by Crippen LogP contribution is -2.09. The third-order valence-electron chi connectivity index (χ3n) is 2.90. The average molecular weight is 307 g/mol. The zero-order chi connectivity index (χ0) is 14.1. The zero-order valence-corrected chi connectivity index (χ0v) is 11.9. The SMILES string of the molecule is NC(=S)c1ccc(Nc2ccc3c(c2)OCO3)cc1Cl. The molecule has 0 aliphatic carbocycles. The van der Waals surface area contributed by atoms with Gasteiger partial charge in [0.25, 0.3) is 0 Å². The van der Waals surface area contributed by atoms with E-state index in [9.17, 15) is 0 Å². The van der Waals surface area contributed by atoms with E-state index >= 15 is 0 Å². The van der Waals surface area contributed by atoms with Crippen LogP contribution in [0.1, 0.15) is 5.56 Å². The van der Waals surface area contributed by atoms with Gasteiger partial charge in [-0.15, -0.1) is 0 Å². The van der Waals surface area contributed by atoms with E-state index in [1.165, 1.54) is 0 Å². The molecule has 3 rings (SSSR count). The normalized spacial score (nSPS) is 12.2. The highest BCUT2D eigenvalue weighted by Gasteiger charge is 2.13. The van der Waals surface area contributed by atoms with Crippen molar-refractivity contribution in [2.75, 3.05) is 12.1 Å². The zero-order valence-electron chi connectivity index (χ0n) is 10.4. The van der Waals surface area contributed by atoms with Crippen molar-refractivity contribution >= 4 is 40.2 Å². The van der Waals surface area contributed by atoms with Crippen molar-refractivity contribution in [2.45, 2.75) is 0 Å². The molecule has 20 heavy (non-hydrogen) atoms. The molecule has 6 heteroatoms. The van der Waals surface area contributed by atoms with E-state index in [-0.39, 0.29) is 11.8 Å². The number of nitrogens with one attached hydrogen (secondary N) is 1. The maximum atomic E-state index is 6.13. The fraction of sp³-hybridized carbons (Fsp3) is 0.0714. The van der Waals surface area contributed by atoms with Crippen molar-refractivity contribution in [3.05, 3.63) is 47.0 Å². The number of rotatable bonds is 3. The van der Waals surface area contributed by atoms with Crippen LogP contribution in [0, 0.1) is 0 Å². The van der Waals surface area contributed by atoms with Crippen molar-refractivity contribution in [2.24, 2.45) is 5.73 Å². The standard InChI is InChI=1S/C14H11ClN2O2S/c15-11-5-8(1-3-10(11)14(16)20)17-9-2-4-12-13(6-9)19-7-18-12/h1-6,17H,7H2,(H2,16,20). The van der Waals surface area contributed by atoms with Gasteiger partial charge in [0.15, 0.2) is 11.5 Å². The number of halogens is 1. The number of hydrogen-bond acceptors (Lipinski definition) is 4. The lowest BCUT2D eigenvalue weighted by atomic mass is 10.2. The molecule has 1 heterocycles. The Bertz CT molecular complexity index is 691. The van der Waals surface area contributed by atoms with Crippen LogP contribution in [0.4, 0.5) is 11.4 Å². The van der Waals surface area contributed by atoms with E-state index in [2.05, 4.69) is 5.32 Å². The predicted molar refractivity (Wildman–Crippen MR) is 83.2 cm³/mol. The van der Waals surface area contributed by atoms with Gasteiger partial charge in [-0.2, -0.15) is 0 Å². The largest absolute Gasteiger partial charge is 0.454 e. The van der Waals surface area contributed by atoms with Crippen molar-refractivity contribution in [3.63, 3.8) is 0 Å². The van der Waals surface area contributed by atoms with Gasteiger partial charge in [0.2, 0.25) is 6.79 Å². The molecular weight excluding hydrogens is 296 g/mol. The molecule has 0 saturated carbocycles. The van der Waals surface area contributed by atoms with Gasteiger partial charge in [-0.25, -0.2) is 0 Å². The first-order valence-corrected chi connectivity index (χ1v) is 6.68. The lowest BCUT2D eigenvalue weighted by molar-refractivity contribution is 0.174. The summed E-state index contributed by atoms with van der Waals surface area (Å²) in [6.07, 6.45) is 0. The molecule has 4 nitrogen and oxygen atoms in total. The molecule has 0 spiro atoms. The molecule has 3 N–H and O–H groups in total. The Kier molecular flexibility index (Phi) is 3.38. The summed E-state index contributed by atoms with van der Waals surface area (Å²) < 4.78 is 10.6. The Morgan fingerprint density at radius 2 is 1.80 bits per heavy atom. The molecule has 102 valence electrons. The molecule has 0 unspecified atom stereocenters. The average Bonchev–Trinajstić information content (AvgIpc) is 2.85. The van der Waals surface area contributed by atoms with Crippen LogP contribution in [0.15, 0.2) is 36.4 Å². The van der Waals surface area contributed by atoms with E-state index in [1.54, 1.807) is 12.1 Å². The molecule has 1 aliphatic rings. The van der Waals surface area contributed by atoms with E-state index in [4.69, 9.17) is 39.0 Å². The van der Waals surface area contributed by atoms with Crippen LogP contribution in [0.2, 0.25) is 5.02 Å². The van der Waals surface area contributed by atoms with Crippen LogP contribution >= 0.6 is 23.8 Å². The summed E-state index contributed by atoms with van der Waals surface area (Å²) in [6.45, 7) is 0.257. The highest BCUT2D eigenvalue weighted by Crippen LogP contribution is 2.35. The summed E-state index contributed by atoms with van der Waals surface area (Å²) in [7, 11) is 0. The summed E-state index contributed by atoms with van der Waals surface area (Å²) in [5.74, 6) is 1.47. The molecule has 0 atom stereocenters. The Morgan fingerprint density at radius 3 is 2.55 bits per heavy atom. The summed E-state index contributed by atoms with van der Waals surface area (Å²) >= 11 is 11.1. The first-order valence-electron chi connectivity index (χ1n) is 5.89. The van der Waals surface area contributed by atoms with Crippen LogP contribution in [-0.2, 0) is 0 Å². The van der Waals surface area contributed by atoms with Crippen molar-refractivity contribution < 1.29 is 9.47 Å². The molecule has 1 aliphatic heterocycles. The molecule has 0 amide bonds. The van der Waals surface area contributed by atoms with Gasteiger partial charge in [0, 0.05) is 23.0 Å². The first kappa shape index (κ1) is 13.0. The minimum absolute atomic E-state index is 0.257. The number of hydrogen-bond donors (Lipinski definition) is 2. The summed E-state index contributed by atoms with van der Waals surface area (Å²) in [5.41, 5.74) is 7.96. The second-order valence-corrected chi connectivity index (χ2v) is 5.10. The van der Waals surface area contributed by atoms with Gasteiger partial charge in [0.1, 0.15) is 4.99 Å². The second kappa shape index (κ2) is 5.19. The second-order valence-electron chi connectivity index (χ2n) is 4.25. The van der Waals surface area contributed by atoms with E-state index in [1.807, 2.05) is 24.3 Å². The smallest absolute Gasteiger partial charge is 0.231 e. The van der Waals surface area contributed by atoms with Gasteiger partial charge >= 0.3 is 0 Å². The monoisotopic (exact) mass is 306 g/mol. The van der Waals surface area contributed by atoms with Gasteiger partial charge in [0.05, 0.1) is 5.02 Å². The number of fused-ring (bicyclic) bond motifs is 1. The highest BCUT2D eigenvalue weighted by molar-refractivity contribution is 7.80. The van der Waals surface area contributed by atoms with Crippen LogP contribution < -0.4 is 20.5 Å². The van der Waals surface area contributed by atoms with E-state index in [0.717, 1.165) is 22.9 Å². The summed E-state index contributed by atoms with van der Waals surface area (Å²) in [4.78, 5) is 0.282. The quantitative estimate of drug-likeness (QED) is 0.851. The van der Waals surface area contributed by atoms with Gasteiger partial charge in [-0.05, 0) is 30.3 Å². The molecule has 0 bridgehead atoms. The van der Waals surface area contributed by atoms with Gasteiger partial charge < -0.3 is 20.5 Å². The maximum Gasteiger partial charge on any atom is 0.231 e. The molecule has 2 aromatic carbocycles. The maximum absolute atomic E-state index is 6.13. The van der Waals surface area contributed by atoms with E-state index in [0.29, 0.717) is 10.6 Å². The Morgan fingerprint density at radius 1 is 1.10 bits per heavy atom. The number of benzene rings is 2. The minimum Gasteiger partial charge on any atom is -0.454 e. The van der Waals surface area contributed by atoms with Crippen LogP contribution in [-0.4, -0.2) is 11.8 Å². The fourth-order valence-corrected chi connectivity index (χ4v) is 2.45. The Labute approximate surface area is 126 Å². The third-order valence-corrected chi connectivity index (χ3v) is 3.43. The molecular formula is C14H11ClN2O2S. The summed E-state index contributed by atoms with van der Waals surface area (Å²) in [5, 5.41) is 3.75. The fourth-order valence-electron chi connectivity index (χ4n) is 1.93. The number of anilines is 2. The van der Waals surface area contributed by atoms with Gasteiger partial charge in [-0.3, -0.25) is 0 Å².